The molecule has 14 heteroatoms. The van der Waals surface area contributed by atoms with Crippen LogP contribution in [0, 0.1) is 25.5 Å². The summed E-state index contributed by atoms with van der Waals surface area (Å²) in [7, 11) is 0. The SMILES string of the molecule is Cc1cc(F)c(S(=O)O)cc1C(=O)[O-].Cc1cc(F)c(S(=O)O)cc1C(=O)[O-].[Na+].[Na+]. The number of carboxylic acids is 2. The summed E-state index contributed by atoms with van der Waals surface area (Å²) in [4.78, 5) is 19.9. The second kappa shape index (κ2) is 13.8. The Morgan fingerprint density at radius 1 is 0.767 bits per heavy atom. The number of carboxylic acid groups (broad SMARTS) is 2. The summed E-state index contributed by atoms with van der Waals surface area (Å²) in [5.74, 6) is -4.83. The van der Waals surface area contributed by atoms with Crippen LogP contribution in [0.5, 0.6) is 0 Å². The Hall–Kier alpha value is -0.540. The molecule has 0 aliphatic heterocycles. The van der Waals surface area contributed by atoms with Gasteiger partial charge in [0.25, 0.3) is 0 Å². The summed E-state index contributed by atoms with van der Waals surface area (Å²) < 4.78 is 64.3. The van der Waals surface area contributed by atoms with Gasteiger partial charge in [0, 0.05) is 11.1 Å². The molecule has 0 aromatic heterocycles. The van der Waals surface area contributed by atoms with Gasteiger partial charge in [0.05, 0.1) is 11.9 Å². The van der Waals surface area contributed by atoms with Crippen LogP contribution in [-0.4, -0.2) is 29.5 Å². The van der Waals surface area contributed by atoms with Crippen molar-refractivity contribution in [1.82, 2.24) is 0 Å². The van der Waals surface area contributed by atoms with E-state index in [9.17, 15) is 37.0 Å². The number of benzene rings is 2. The summed E-state index contributed by atoms with van der Waals surface area (Å²) in [6, 6.07) is 3.37. The Morgan fingerprint density at radius 2 is 1.03 bits per heavy atom. The first-order valence-corrected chi connectivity index (χ1v) is 9.32. The fourth-order valence-corrected chi connectivity index (χ4v) is 2.90. The zero-order valence-corrected chi connectivity index (χ0v) is 21.9. The van der Waals surface area contributed by atoms with E-state index in [0.29, 0.717) is 0 Å². The maximum atomic E-state index is 13.0. The van der Waals surface area contributed by atoms with Crippen molar-refractivity contribution in [2.45, 2.75) is 23.6 Å². The average molecular weight is 480 g/mol. The normalized spacial score (nSPS) is 11.7. The Labute approximate surface area is 219 Å². The Kier molecular flexibility index (Phi) is 14.5. The molecule has 0 radical (unpaired) electrons. The summed E-state index contributed by atoms with van der Waals surface area (Å²) in [5.41, 5.74) is -0.277. The molecule has 0 heterocycles. The summed E-state index contributed by atoms with van der Waals surface area (Å²) in [6.07, 6.45) is 0. The predicted octanol–water partition coefficient (Wildman–Crippen LogP) is -5.84. The number of aryl methyl sites for hydroxylation is 2. The minimum absolute atomic E-state index is 0. The van der Waals surface area contributed by atoms with Crippen LogP contribution in [-0.2, 0) is 22.2 Å². The fourth-order valence-electron chi connectivity index (χ4n) is 2.01. The summed E-state index contributed by atoms with van der Waals surface area (Å²) >= 11 is -5.08. The van der Waals surface area contributed by atoms with Gasteiger partial charge in [0.1, 0.15) is 21.4 Å². The molecule has 0 saturated carbocycles. The van der Waals surface area contributed by atoms with Crippen LogP contribution in [0.3, 0.4) is 0 Å². The van der Waals surface area contributed by atoms with E-state index in [4.69, 9.17) is 9.11 Å². The minimum atomic E-state index is -2.54. The van der Waals surface area contributed by atoms with Gasteiger partial charge in [-0.2, -0.15) is 0 Å². The zero-order valence-electron chi connectivity index (χ0n) is 16.2. The van der Waals surface area contributed by atoms with Gasteiger partial charge < -0.3 is 28.9 Å². The number of rotatable bonds is 4. The first-order chi connectivity index (χ1) is 12.9. The van der Waals surface area contributed by atoms with Crippen molar-refractivity contribution in [2.24, 2.45) is 0 Å². The van der Waals surface area contributed by atoms with Crippen LogP contribution in [0.2, 0.25) is 0 Å². The molecule has 2 atom stereocenters. The largest absolute Gasteiger partial charge is 1.00 e. The maximum Gasteiger partial charge on any atom is 1.00 e. The maximum absolute atomic E-state index is 13.0. The first-order valence-electron chi connectivity index (χ1n) is 7.11. The van der Waals surface area contributed by atoms with E-state index in [-0.39, 0.29) is 81.4 Å². The van der Waals surface area contributed by atoms with Gasteiger partial charge >= 0.3 is 59.1 Å². The van der Waals surface area contributed by atoms with E-state index in [0.717, 1.165) is 24.3 Å². The first kappa shape index (κ1) is 31.6. The van der Waals surface area contributed by atoms with E-state index in [2.05, 4.69) is 0 Å². The van der Waals surface area contributed by atoms with E-state index in [1.54, 1.807) is 0 Å². The van der Waals surface area contributed by atoms with Crippen molar-refractivity contribution < 1.29 is 105 Å². The average Bonchev–Trinajstić information content (AvgIpc) is 2.53. The predicted molar refractivity (Wildman–Crippen MR) is 89.0 cm³/mol. The second-order valence-electron chi connectivity index (χ2n) is 5.27. The van der Waals surface area contributed by atoms with Crippen molar-refractivity contribution in [3.63, 3.8) is 0 Å². The Balaban J connectivity index is 0. The number of halogens is 2. The molecular weight excluding hydrogens is 468 g/mol. The van der Waals surface area contributed by atoms with Crippen molar-refractivity contribution in [2.75, 3.05) is 0 Å². The third-order valence-corrected chi connectivity index (χ3v) is 4.75. The molecular formula is C16H12F2Na2O8S2. The van der Waals surface area contributed by atoms with Crippen molar-refractivity contribution in [1.29, 1.82) is 0 Å². The Morgan fingerprint density at radius 3 is 1.23 bits per heavy atom. The summed E-state index contributed by atoms with van der Waals surface area (Å²) in [6.45, 7) is 2.75. The molecule has 0 aliphatic carbocycles. The van der Waals surface area contributed by atoms with Crippen LogP contribution in [0.15, 0.2) is 34.1 Å². The number of hydrogen-bond donors (Lipinski definition) is 2. The van der Waals surface area contributed by atoms with Gasteiger partial charge in [-0.15, -0.1) is 0 Å². The third kappa shape index (κ3) is 8.54. The number of carbonyl (C=O) groups excluding carboxylic acids is 2. The van der Waals surface area contributed by atoms with Crippen LogP contribution >= 0.6 is 0 Å². The van der Waals surface area contributed by atoms with Gasteiger partial charge in [-0.3, -0.25) is 0 Å². The molecule has 2 aromatic rings. The van der Waals surface area contributed by atoms with E-state index < -0.39 is 55.5 Å². The van der Waals surface area contributed by atoms with Crippen molar-refractivity contribution in [3.8, 4) is 0 Å². The van der Waals surface area contributed by atoms with Crippen LogP contribution in [0.1, 0.15) is 31.8 Å². The molecule has 30 heavy (non-hydrogen) atoms. The molecule has 8 nitrogen and oxygen atoms in total. The van der Waals surface area contributed by atoms with Crippen molar-refractivity contribution in [3.05, 3.63) is 58.2 Å². The standard InChI is InChI=1S/2C8H7FO4S.2Na/c2*1-4-2-6(9)7(14(12)13)3-5(4)8(10)11;;/h2*2-3H,1H3,(H,10,11)(H,12,13);;/q;;2*+1/p-2. The summed E-state index contributed by atoms with van der Waals surface area (Å²) in [5, 5.41) is 21.0. The molecule has 0 saturated heterocycles. The van der Waals surface area contributed by atoms with Gasteiger partial charge in [0.2, 0.25) is 0 Å². The molecule has 2 rings (SSSR count). The third-order valence-electron chi connectivity index (χ3n) is 3.37. The number of hydrogen-bond acceptors (Lipinski definition) is 6. The fraction of sp³-hybridized carbons (Fsp3) is 0.125. The van der Waals surface area contributed by atoms with E-state index in [1.165, 1.54) is 13.8 Å². The van der Waals surface area contributed by atoms with Crippen LogP contribution < -0.4 is 69.3 Å². The quantitative estimate of drug-likeness (QED) is 0.324. The van der Waals surface area contributed by atoms with Crippen LogP contribution in [0.25, 0.3) is 0 Å². The van der Waals surface area contributed by atoms with E-state index in [1.807, 2.05) is 0 Å². The Bertz CT molecular complexity index is 852. The monoisotopic (exact) mass is 480 g/mol. The molecule has 2 aromatic carbocycles. The molecule has 0 amide bonds. The van der Waals surface area contributed by atoms with Gasteiger partial charge in [0.15, 0.2) is 22.2 Å². The molecule has 0 bridgehead atoms. The second-order valence-corrected chi connectivity index (χ2v) is 7.14. The van der Waals surface area contributed by atoms with Crippen molar-refractivity contribution >= 4 is 34.1 Å². The molecule has 0 aliphatic rings. The van der Waals surface area contributed by atoms with Crippen LogP contribution in [0.4, 0.5) is 8.78 Å². The van der Waals surface area contributed by atoms with Gasteiger partial charge in [-0.05, 0) is 49.2 Å². The molecule has 2 unspecified atom stereocenters. The zero-order chi connectivity index (χ0) is 21.8. The van der Waals surface area contributed by atoms with Gasteiger partial charge in [-0.25, -0.2) is 17.2 Å². The van der Waals surface area contributed by atoms with Gasteiger partial charge in [-0.1, -0.05) is 0 Å². The smallest absolute Gasteiger partial charge is 0.545 e. The minimum Gasteiger partial charge on any atom is -0.545 e. The van der Waals surface area contributed by atoms with E-state index >= 15 is 0 Å². The topological polar surface area (TPSA) is 155 Å². The molecule has 0 fully saturated rings. The molecule has 152 valence electrons. The molecule has 2 N–H and O–H groups in total. The molecule has 0 spiro atoms. The number of carbonyl (C=O) groups is 2. The number of aromatic carboxylic acids is 2.